The predicted molar refractivity (Wildman–Crippen MR) is 99.1 cm³/mol. The molecule has 0 fully saturated rings. The van der Waals surface area contributed by atoms with Crippen molar-refractivity contribution in [3.63, 3.8) is 0 Å². The van der Waals surface area contributed by atoms with E-state index in [0.717, 1.165) is 0 Å². The molecule has 0 saturated heterocycles. The molecule has 6 nitrogen and oxygen atoms in total. The first-order valence-electron chi connectivity index (χ1n) is 8.49. The van der Waals surface area contributed by atoms with E-state index in [2.05, 4.69) is 11.3 Å². The lowest BCUT2D eigenvalue weighted by Crippen LogP contribution is -2.14. The van der Waals surface area contributed by atoms with Crippen molar-refractivity contribution in [3.8, 4) is 17.2 Å². The molecule has 2 aromatic rings. The number of carbonyl (C=O) groups is 2. The number of esters is 1. The summed E-state index contributed by atoms with van der Waals surface area (Å²) >= 11 is 0. The first-order valence-corrected chi connectivity index (χ1v) is 8.49. The van der Waals surface area contributed by atoms with Crippen LogP contribution in [0.25, 0.3) is 6.08 Å². The van der Waals surface area contributed by atoms with Crippen molar-refractivity contribution in [3.05, 3.63) is 72.0 Å². The standard InChI is InChI=1S/C21H16F2O6/c1-2-9-26-19(24)12-27-14-7-8-15-17(11-14)28-18(20(15)25)10-13-5-3-4-6-16(13)29-21(22)23/h2-8,10-11,21H,1,9,12H2/b18-10-. The predicted octanol–water partition coefficient (Wildman–Crippen LogP) is 4.01. The average molecular weight is 402 g/mol. The fraction of sp³-hybridized carbons (Fsp3) is 0.143. The van der Waals surface area contributed by atoms with Gasteiger partial charge >= 0.3 is 12.6 Å². The van der Waals surface area contributed by atoms with Crippen LogP contribution >= 0.6 is 0 Å². The van der Waals surface area contributed by atoms with Crippen LogP contribution in [0.3, 0.4) is 0 Å². The van der Waals surface area contributed by atoms with Crippen LogP contribution in [0.2, 0.25) is 0 Å². The van der Waals surface area contributed by atoms with Gasteiger partial charge in [0.1, 0.15) is 23.9 Å². The van der Waals surface area contributed by atoms with Gasteiger partial charge in [0, 0.05) is 11.6 Å². The number of fused-ring (bicyclic) bond motifs is 1. The highest BCUT2D eigenvalue weighted by Gasteiger charge is 2.28. The monoisotopic (exact) mass is 402 g/mol. The maximum atomic E-state index is 12.6. The van der Waals surface area contributed by atoms with E-state index in [1.165, 1.54) is 48.6 Å². The van der Waals surface area contributed by atoms with Gasteiger partial charge in [0.2, 0.25) is 5.78 Å². The summed E-state index contributed by atoms with van der Waals surface area (Å²) in [5.74, 6) is -0.583. The van der Waals surface area contributed by atoms with E-state index in [4.69, 9.17) is 14.2 Å². The van der Waals surface area contributed by atoms with Crippen LogP contribution in [-0.2, 0) is 9.53 Å². The van der Waals surface area contributed by atoms with E-state index in [1.54, 1.807) is 6.07 Å². The largest absolute Gasteiger partial charge is 0.482 e. The number of ether oxygens (including phenoxy) is 4. The summed E-state index contributed by atoms with van der Waals surface area (Å²) < 4.78 is 45.2. The second-order valence-corrected chi connectivity index (χ2v) is 5.77. The van der Waals surface area contributed by atoms with E-state index >= 15 is 0 Å². The van der Waals surface area contributed by atoms with Crippen molar-refractivity contribution < 1.29 is 37.3 Å². The molecule has 150 valence electrons. The lowest BCUT2D eigenvalue weighted by Gasteiger charge is -2.08. The number of benzene rings is 2. The van der Waals surface area contributed by atoms with Gasteiger partial charge in [-0.2, -0.15) is 8.78 Å². The first-order chi connectivity index (χ1) is 14.0. The number of Topliss-reactive ketones (excluding diaryl/α,β-unsaturated/α-hetero) is 1. The minimum atomic E-state index is -3.00. The third-order valence-electron chi connectivity index (χ3n) is 3.78. The zero-order valence-electron chi connectivity index (χ0n) is 15.1. The van der Waals surface area contributed by atoms with Crippen LogP contribution in [0.5, 0.6) is 17.2 Å². The van der Waals surface area contributed by atoms with E-state index in [0.29, 0.717) is 5.75 Å². The Morgan fingerprint density at radius 3 is 2.76 bits per heavy atom. The minimum Gasteiger partial charge on any atom is -0.482 e. The summed E-state index contributed by atoms with van der Waals surface area (Å²) in [4.78, 5) is 24.0. The molecule has 0 radical (unpaired) electrons. The lowest BCUT2D eigenvalue weighted by atomic mass is 10.1. The Balaban J connectivity index is 1.75. The molecule has 1 aliphatic heterocycles. The molecule has 0 amide bonds. The Labute approximate surface area is 164 Å². The van der Waals surface area contributed by atoms with Crippen LogP contribution < -0.4 is 14.2 Å². The Morgan fingerprint density at radius 2 is 2.00 bits per heavy atom. The molecule has 0 spiro atoms. The molecule has 2 aromatic carbocycles. The zero-order valence-corrected chi connectivity index (χ0v) is 15.1. The number of rotatable bonds is 8. The summed E-state index contributed by atoms with van der Waals surface area (Å²) in [6.07, 6.45) is 2.76. The molecule has 0 aromatic heterocycles. The van der Waals surface area contributed by atoms with Crippen LogP contribution in [-0.4, -0.2) is 31.6 Å². The topological polar surface area (TPSA) is 71.1 Å². The summed E-state index contributed by atoms with van der Waals surface area (Å²) in [5.41, 5.74) is 0.551. The van der Waals surface area contributed by atoms with Gasteiger partial charge in [-0.05, 0) is 24.3 Å². The molecule has 8 heteroatoms. The van der Waals surface area contributed by atoms with E-state index in [9.17, 15) is 18.4 Å². The fourth-order valence-electron chi connectivity index (χ4n) is 2.54. The van der Waals surface area contributed by atoms with Gasteiger partial charge in [-0.1, -0.05) is 30.9 Å². The minimum absolute atomic E-state index is 0.0483. The Kier molecular flexibility index (Phi) is 6.23. The zero-order chi connectivity index (χ0) is 20.8. The molecular formula is C21H16F2O6. The average Bonchev–Trinajstić information content (AvgIpc) is 3.00. The number of hydrogen-bond acceptors (Lipinski definition) is 6. The quantitative estimate of drug-likeness (QED) is 0.378. The van der Waals surface area contributed by atoms with Crippen LogP contribution in [0.4, 0.5) is 8.78 Å². The van der Waals surface area contributed by atoms with Crippen molar-refractivity contribution in [1.82, 2.24) is 0 Å². The number of halogens is 2. The van der Waals surface area contributed by atoms with Crippen LogP contribution in [0.1, 0.15) is 15.9 Å². The Morgan fingerprint density at radius 1 is 1.21 bits per heavy atom. The highest BCUT2D eigenvalue weighted by atomic mass is 19.3. The van der Waals surface area contributed by atoms with Gasteiger partial charge < -0.3 is 18.9 Å². The maximum Gasteiger partial charge on any atom is 0.387 e. The van der Waals surface area contributed by atoms with Gasteiger partial charge in [-0.25, -0.2) is 4.79 Å². The van der Waals surface area contributed by atoms with Gasteiger partial charge in [-0.15, -0.1) is 0 Å². The SMILES string of the molecule is C=CCOC(=O)COc1ccc2c(c1)O/C(=C\c1ccccc1OC(F)F)C2=O. The van der Waals surface area contributed by atoms with Crippen LogP contribution in [0.15, 0.2) is 60.9 Å². The molecule has 0 atom stereocenters. The molecular weight excluding hydrogens is 386 g/mol. The summed E-state index contributed by atoms with van der Waals surface area (Å²) in [6, 6.07) is 10.5. The number of ketones is 1. The van der Waals surface area contributed by atoms with Gasteiger partial charge in [0.25, 0.3) is 0 Å². The highest BCUT2D eigenvalue weighted by Crippen LogP contribution is 2.35. The summed E-state index contributed by atoms with van der Waals surface area (Å²) in [7, 11) is 0. The molecule has 1 aliphatic rings. The number of para-hydroxylation sites is 1. The summed E-state index contributed by atoms with van der Waals surface area (Å²) in [6.45, 7) is 0.202. The molecule has 0 bridgehead atoms. The molecule has 0 N–H and O–H groups in total. The van der Waals surface area contributed by atoms with Crippen molar-refractivity contribution in [2.45, 2.75) is 6.61 Å². The number of hydrogen-bond donors (Lipinski definition) is 0. The molecule has 29 heavy (non-hydrogen) atoms. The van der Waals surface area contributed by atoms with E-state index in [-0.39, 0.29) is 41.6 Å². The third-order valence-corrected chi connectivity index (χ3v) is 3.78. The van der Waals surface area contributed by atoms with E-state index in [1.807, 2.05) is 0 Å². The van der Waals surface area contributed by atoms with E-state index < -0.39 is 18.4 Å². The maximum absolute atomic E-state index is 12.6. The Hall–Kier alpha value is -3.68. The molecule has 0 saturated carbocycles. The molecule has 1 heterocycles. The number of allylic oxidation sites excluding steroid dienone is 1. The molecule has 0 unspecified atom stereocenters. The molecule has 0 aliphatic carbocycles. The number of carbonyl (C=O) groups excluding carboxylic acids is 2. The normalized spacial score (nSPS) is 13.8. The summed E-state index contributed by atoms with van der Waals surface area (Å²) in [5, 5.41) is 0. The van der Waals surface area contributed by atoms with Gasteiger partial charge in [0.15, 0.2) is 12.4 Å². The third kappa shape index (κ3) is 4.98. The van der Waals surface area contributed by atoms with Crippen LogP contribution in [0, 0.1) is 0 Å². The van der Waals surface area contributed by atoms with Crippen molar-refractivity contribution >= 4 is 17.8 Å². The first kappa shape index (κ1) is 20.1. The smallest absolute Gasteiger partial charge is 0.387 e. The second-order valence-electron chi connectivity index (χ2n) is 5.77. The van der Waals surface area contributed by atoms with Crippen molar-refractivity contribution in [1.29, 1.82) is 0 Å². The van der Waals surface area contributed by atoms with Crippen molar-refractivity contribution in [2.75, 3.05) is 13.2 Å². The number of alkyl halides is 2. The van der Waals surface area contributed by atoms with Gasteiger partial charge in [-0.3, -0.25) is 4.79 Å². The lowest BCUT2D eigenvalue weighted by molar-refractivity contribution is -0.144. The fourth-order valence-corrected chi connectivity index (χ4v) is 2.54. The van der Waals surface area contributed by atoms with Crippen molar-refractivity contribution in [2.24, 2.45) is 0 Å². The Bertz CT molecular complexity index is 967. The second kappa shape index (κ2) is 9.01. The molecule has 3 rings (SSSR count). The van der Waals surface area contributed by atoms with Gasteiger partial charge in [0.05, 0.1) is 5.56 Å². The highest BCUT2D eigenvalue weighted by molar-refractivity contribution is 6.14.